The minimum atomic E-state index is -0.144. The molecule has 1 N–H and O–H groups in total. The van der Waals surface area contributed by atoms with E-state index in [1.807, 2.05) is 57.6 Å². The van der Waals surface area contributed by atoms with E-state index in [0.29, 0.717) is 28.9 Å². The smallest absolute Gasteiger partial charge is 0.258 e. The molecule has 0 aliphatic rings. The van der Waals surface area contributed by atoms with E-state index in [0.717, 1.165) is 5.56 Å². The summed E-state index contributed by atoms with van der Waals surface area (Å²) in [4.78, 5) is 19.5. The highest BCUT2D eigenvalue weighted by Gasteiger charge is 2.06. The molecule has 0 unspecified atom stereocenters. The lowest BCUT2D eigenvalue weighted by molar-refractivity contribution is 0.659. The Morgan fingerprint density at radius 2 is 2.00 bits per heavy atom. The van der Waals surface area contributed by atoms with E-state index in [1.165, 1.54) is 9.21 Å². The van der Waals surface area contributed by atoms with Crippen molar-refractivity contribution in [3.63, 3.8) is 0 Å². The van der Waals surface area contributed by atoms with Gasteiger partial charge in [-0.3, -0.25) is 4.79 Å². The summed E-state index contributed by atoms with van der Waals surface area (Å²) in [6.07, 6.45) is 0.605. The van der Waals surface area contributed by atoms with Crippen LogP contribution in [0.1, 0.15) is 11.4 Å². The van der Waals surface area contributed by atoms with E-state index < -0.39 is 0 Å². The van der Waals surface area contributed by atoms with Gasteiger partial charge in [-0.25, -0.2) is 4.98 Å². The summed E-state index contributed by atoms with van der Waals surface area (Å²) in [6, 6.07) is 15.3. The molecule has 1 heterocycles. The lowest BCUT2D eigenvalue weighted by Crippen LogP contribution is -2.12. The number of fused-ring (bicyclic) bond motifs is 1. The Morgan fingerprint density at radius 3 is 2.76 bits per heavy atom. The third-order valence-corrected chi connectivity index (χ3v) is 3.86. The highest BCUT2D eigenvalue weighted by atomic mass is 127. The zero-order valence-electron chi connectivity index (χ0n) is 10.9. The molecule has 21 heavy (non-hydrogen) atoms. The summed E-state index contributed by atoms with van der Waals surface area (Å²) in [5.41, 5.74) is 1.64. The van der Waals surface area contributed by atoms with Crippen molar-refractivity contribution in [3.8, 4) is 5.75 Å². The van der Waals surface area contributed by atoms with Crippen LogP contribution in [0.15, 0.2) is 53.3 Å². The molecule has 0 amide bonds. The molecule has 2 aromatic carbocycles. The lowest BCUT2D eigenvalue weighted by atomic mass is 10.1. The number of aromatic nitrogens is 2. The quantitative estimate of drug-likeness (QED) is 0.524. The number of aromatic amines is 1. The van der Waals surface area contributed by atoms with Gasteiger partial charge in [-0.1, -0.05) is 30.3 Å². The van der Waals surface area contributed by atoms with Crippen LogP contribution in [0.5, 0.6) is 5.75 Å². The van der Waals surface area contributed by atoms with E-state index in [4.69, 9.17) is 4.18 Å². The molecule has 0 radical (unpaired) electrons. The maximum Gasteiger partial charge on any atom is 0.258 e. The first-order valence-corrected chi connectivity index (χ1v) is 9.57. The van der Waals surface area contributed by atoms with Crippen LogP contribution >= 0.6 is 30.4 Å². The van der Waals surface area contributed by atoms with Gasteiger partial charge in [0, 0.05) is 27.6 Å². The van der Waals surface area contributed by atoms with Crippen molar-refractivity contribution in [2.75, 3.05) is 0 Å². The number of rotatable bonds is 4. The fourth-order valence-electron chi connectivity index (χ4n) is 2.13. The normalized spacial score (nSPS) is 10.7. The molecule has 6 heteroatoms. The lowest BCUT2D eigenvalue weighted by Gasteiger charge is -2.05. The van der Waals surface area contributed by atoms with Crippen molar-refractivity contribution in [1.29, 1.82) is 0 Å². The molecule has 0 aliphatic heterocycles. The van der Waals surface area contributed by atoms with Crippen molar-refractivity contribution < 1.29 is 4.18 Å². The summed E-state index contributed by atoms with van der Waals surface area (Å²) < 4.78 is 5.32. The van der Waals surface area contributed by atoms with Gasteiger partial charge in [0.15, 0.2) is 0 Å². The fraction of sp³-hybridized carbons (Fsp3) is 0.0667. The minimum Gasteiger partial charge on any atom is -0.415 e. The minimum absolute atomic E-state index is 0.144. The van der Waals surface area contributed by atoms with Crippen LogP contribution in [-0.4, -0.2) is 9.97 Å². The van der Waals surface area contributed by atoms with Gasteiger partial charge in [0.25, 0.3) is 5.56 Å². The first-order chi connectivity index (χ1) is 10.3. The predicted octanol–water partition coefficient (Wildman–Crippen LogP) is 3.89. The molecule has 0 saturated heterocycles. The van der Waals surface area contributed by atoms with Gasteiger partial charge >= 0.3 is 0 Å². The number of nitrogens with zero attached hydrogens (tertiary/aromatic N) is 1. The monoisotopic (exact) mass is 410 g/mol. The second-order valence-corrected chi connectivity index (χ2v) is 5.87. The number of halogens is 1. The van der Waals surface area contributed by atoms with Gasteiger partial charge in [-0.05, 0) is 23.8 Å². The van der Waals surface area contributed by atoms with E-state index in [1.54, 1.807) is 12.1 Å². The molecule has 0 fully saturated rings. The van der Waals surface area contributed by atoms with Gasteiger partial charge in [-0.2, -0.15) is 0 Å². The van der Waals surface area contributed by atoms with Crippen LogP contribution < -0.4 is 9.74 Å². The highest BCUT2D eigenvalue weighted by Crippen LogP contribution is 2.23. The van der Waals surface area contributed by atoms with Crippen molar-refractivity contribution in [3.05, 3.63) is 70.3 Å². The van der Waals surface area contributed by atoms with Gasteiger partial charge in [0.05, 0.1) is 10.9 Å². The average molecular weight is 410 g/mol. The Bertz CT molecular complexity index is 821. The molecule has 0 atom stereocenters. The molecule has 0 spiro atoms. The predicted molar refractivity (Wildman–Crippen MR) is 93.9 cm³/mol. The first kappa shape index (κ1) is 14.4. The third-order valence-electron chi connectivity index (χ3n) is 3.07. The topological polar surface area (TPSA) is 55.0 Å². The molecule has 3 aromatic rings. The molecule has 0 aliphatic carbocycles. The number of benzene rings is 2. The molecular weight excluding hydrogens is 399 g/mol. The Kier molecular flexibility index (Phi) is 4.45. The maximum atomic E-state index is 12.2. The Morgan fingerprint density at radius 1 is 1.19 bits per heavy atom. The average Bonchev–Trinajstić information content (AvgIpc) is 2.49. The standard InChI is InChI=1S/C15H11IN2O2S/c16-21-20-11-6-7-13-12(9-11)15(19)18-14(17-13)8-10-4-2-1-3-5-10/h1-7,9H,8H2,(H,17,18,19). The van der Waals surface area contributed by atoms with Crippen molar-refractivity contribution in [2.24, 2.45) is 0 Å². The second-order valence-electron chi connectivity index (χ2n) is 4.50. The number of hydrogen-bond donors (Lipinski definition) is 1. The maximum absolute atomic E-state index is 12.2. The van der Waals surface area contributed by atoms with Crippen LogP contribution in [0, 0.1) is 0 Å². The van der Waals surface area contributed by atoms with E-state index in [-0.39, 0.29) is 5.56 Å². The van der Waals surface area contributed by atoms with Crippen LogP contribution in [0.2, 0.25) is 0 Å². The largest absolute Gasteiger partial charge is 0.415 e. The highest BCUT2D eigenvalue weighted by molar-refractivity contribution is 14.2. The molecular formula is C15H11IN2O2S. The van der Waals surface area contributed by atoms with Crippen molar-refractivity contribution >= 4 is 41.3 Å². The second kappa shape index (κ2) is 6.48. The molecule has 0 bridgehead atoms. The first-order valence-electron chi connectivity index (χ1n) is 6.28. The summed E-state index contributed by atoms with van der Waals surface area (Å²) in [6.45, 7) is 0. The third kappa shape index (κ3) is 3.38. The fourth-order valence-corrected chi connectivity index (χ4v) is 2.93. The SMILES string of the molecule is O=c1[nH]c(Cc2ccccc2)nc2ccc(OSI)cc12. The molecule has 106 valence electrons. The summed E-state index contributed by atoms with van der Waals surface area (Å²) in [7, 11) is 1.21. The van der Waals surface area contributed by atoms with E-state index in [9.17, 15) is 4.79 Å². The van der Waals surface area contributed by atoms with Crippen LogP contribution in [0.4, 0.5) is 0 Å². The van der Waals surface area contributed by atoms with Crippen LogP contribution in [-0.2, 0) is 6.42 Å². The van der Waals surface area contributed by atoms with Gasteiger partial charge < -0.3 is 9.17 Å². The zero-order valence-corrected chi connectivity index (χ0v) is 13.8. The summed E-state index contributed by atoms with van der Waals surface area (Å²) in [5.74, 6) is 1.31. The molecule has 4 nitrogen and oxygen atoms in total. The Labute approximate surface area is 137 Å². The molecule has 1 aromatic heterocycles. The van der Waals surface area contributed by atoms with E-state index >= 15 is 0 Å². The Hall–Kier alpha value is -1.54. The summed E-state index contributed by atoms with van der Waals surface area (Å²) >= 11 is 2.03. The van der Waals surface area contributed by atoms with Crippen molar-refractivity contribution in [2.45, 2.75) is 6.42 Å². The zero-order chi connectivity index (χ0) is 14.7. The van der Waals surface area contributed by atoms with Gasteiger partial charge in [0.1, 0.15) is 20.8 Å². The van der Waals surface area contributed by atoms with Gasteiger partial charge in [0.2, 0.25) is 0 Å². The van der Waals surface area contributed by atoms with Crippen LogP contribution in [0.25, 0.3) is 10.9 Å². The number of H-pyrrole nitrogens is 1. The van der Waals surface area contributed by atoms with E-state index in [2.05, 4.69) is 9.97 Å². The van der Waals surface area contributed by atoms with Crippen molar-refractivity contribution in [1.82, 2.24) is 9.97 Å². The molecule has 3 rings (SSSR count). The molecule has 0 saturated carbocycles. The summed E-state index contributed by atoms with van der Waals surface area (Å²) in [5, 5.41) is 0.537. The van der Waals surface area contributed by atoms with Crippen LogP contribution in [0.3, 0.4) is 0 Å². The van der Waals surface area contributed by atoms with Gasteiger partial charge in [-0.15, -0.1) is 0 Å². The number of nitrogens with one attached hydrogen (secondary N) is 1. The number of hydrogen-bond acceptors (Lipinski definition) is 4. The Balaban J connectivity index is 1.99.